The molecule has 0 aliphatic heterocycles. The van der Waals surface area contributed by atoms with Gasteiger partial charge in [-0.1, -0.05) is 30.3 Å². The second kappa shape index (κ2) is 7.53. The predicted molar refractivity (Wildman–Crippen MR) is 102 cm³/mol. The molecule has 1 aromatic carbocycles. The number of tetrazole rings is 1. The topological polar surface area (TPSA) is 104 Å². The van der Waals surface area contributed by atoms with Crippen molar-refractivity contribution in [1.29, 1.82) is 0 Å². The van der Waals surface area contributed by atoms with Gasteiger partial charge in [0.05, 0.1) is 5.69 Å². The first-order valence-electron chi connectivity index (χ1n) is 8.27. The highest BCUT2D eigenvalue weighted by atomic mass is 32.1. The lowest BCUT2D eigenvalue weighted by Gasteiger charge is -2.09. The van der Waals surface area contributed by atoms with Crippen molar-refractivity contribution < 1.29 is 9.53 Å². The van der Waals surface area contributed by atoms with Crippen molar-refractivity contribution in [3.05, 3.63) is 75.4 Å². The molecule has 0 spiro atoms. The quantitative estimate of drug-likeness (QED) is 0.375. The Hall–Kier alpha value is -3.66. The number of nitrogens with zero attached hydrogens (tertiary/aromatic N) is 6. The molecule has 0 bridgehead atoms. The fourth-order valence-corrected chi connectivity index (χ4v) is 3.28. The van der Waals surface area contributed by atoms with Crippen molar-refractivity contribution in [2.45, 2.75) is 13.5 Å². The lowest BCUT2D eigenvalue weighted by atomic mass is 10.2. The van der Waals surface area contributed by atoms with Crippen LogP contribution < -0.4 is 5.56 Å². The van der Waals surface area contributed by atoms with E-state index >= 15 is 0 Å². The molecule has 0 fully saturated rings. The van der Waals surface area contributed by atoms with Crippen molar-refractivity contribution in [2.24, 2.45) is 0 Å². The highest BCUT2D eigenvalue weighted by Gasteiger charge is 2.18. The Kier molecular flexibility index (Phi) is 4.77. The summed E-state index contributed by atoms with van der Waals surface area (Å²) in [5, 5.41) is 13.0. The van der Waals surface area contributed by atoms with Gasteiger partial charge in [-0.3, -0.25) is 9.20 Å². The van der Waals surface area contributed by atoms with Crippen LogP contribution in [0.15, 0.2) is 52.8 Å². The minimum Gasteiger partial charge on any atom is -0.454 e. The first-order valence-corrected chi connectivity index (χ1v) is 9.15. The molecule has 9 nitrogen and oxygen atoms in total. The molecular weight excluding hydrogens is 380 g/mol. The molecule has 3 aromatic heterocycles. The van der Waals surface area contributed by atoms with Gasteiger partial charge in [0.2, 0.25) is 0 Å². The molecular formula is C18H14N6O3S. The van der Waals surface area contributed by atoms with E-state index in [0.717, 1.165) is 5.56 Å². The van der Waals surface area contributed by atoms with Crippen molar-refractivity contribution in [3.63, 3.8) is 0 Å². The normalized spacial score (nSPS) is 11.7. The third-order valence-electron chi connectivity index (χ3n) is 3.87. The molecule has 4 aromatic rings. The molecule has 0 saturated heterocycles. The average molecular weight is 394 g/mol. The van der Waals surface area contributed by atoms with Gasteiger partial charge in [0.15, 0.2) is 16.5 Å². The molecule has 0 saturated carbocycles. The summed E-state index contributed by atoms with van der Waals surface area (Å²) in [6.45, 7) is 1.54. The molecule has 28 heavy (non-hydrogen) atoms. The lowest BCUT2D eigenvalue weighted by molar-refractivity contribution is -0.138. The number of fused-ring (bicyclic) bond motifs is 1. The predicted octanol–water partition coefficient (Wildman–Crippen LogP) is 1.79. The number of rotatable bonds is 5. The van der Waals surface area contributed by atoms with Gasteiger partial charge >= 0.3 is 5.97 Å². The Bertz CT molecular complexity index is 1220. The van der Waals surface area contributed by atoms with Crippen LogP contribution in [0.5, 0.6) is 0 Å². The fourth-order valence-electron chi connectivity index (χ4n) is 2.54. The molecule has 0 radical (unpaired) electrons. The van der Waals surface area contributed by atoms with E-state index in [1.165, 1.54) is 26.5 Å². The van der Waals surface area contributed by atoms with Crippen LogP contribution in [0.2, 0.25) is 0 Å². The second-order valence-corrected chi connectivity index (χ2v) is 6.67. The van der Waals surface area contributed by atoms with E-state index in [9.17, 15) is 9.59 Å². The Morgan fingerprint density at radius 3 is 2.86 bits per heavy atom. The van der Waals surface area contributed by atoms with Crippen LogP contribution in [0, 0.1) is 6.92 Å². The summed E-state index contributed by atoms with van der Waals surface area (Å²) in [5.41, 5.74) is 1.09. The summed E-state index contributed by atoms with van der Waals surface area (Å²) >= 11 is 1.33. The zero-order chi connectivity index (χ0) is 19.5. The van der Waals surface area contributed by atoms with Crippen molar-refractivity contribution in [1.82, 2.24) is 29.6 Å². The molecule has 3 heterocycles. The first kappa shape index (κ1) is 17.7. The minimum absolute atomic E-state index is 0.143. The molecule has 0 atom stereocenters. The van der Waals surface area contributed by atoms with E-state index in [2.05, 4.69) is 20.5 Å². The Morgan fingerprint density at radius 2 is 2.11 bits per heavy atom. The molecule has 0 unspecified atom stereocenters. The number of esters is 1. The molecule has 0 amide bonds. The monoisotopic (exact) mass is 394 g/mol. The Morgan fingerprint density at radius 1 is 1.29 bits per heavy atom. The molecule has 0 N–H and O–H groups in total. The summed E-state index contributed by atoms with van der Waals surface area (Å²) < 4.78 is 8.13. The van der Waals surface area contributed by atoms with Crippen molar-refractivity contribution in [2.75, 3.05) is 0 Å². The maximum atomic E-state index is 12.8. The van der Waals surface area contributed by atoms with E-state index in [1.807, 2.05) is 30.3 Å². The number of ether oxygens (including phenoxy) is 1. The van der Waals surface area contributed by atoms with Crippen LogP contribution in [0.4, 0.5) is 0 Å². The standard InChI is InChI=1S/C18H14N6O3S/c1-12-20-21-22-24(12)15(9-13-5-3-2-4-6-13)17(26)27-11-14-10-16(25)23-7-8-28-18(23)19-14/h2-10H,11H2,1H3/b15-9-. The highest BCUT2D eigenvalue weighted by Crippen LogP contribution is 2.15. The van der Waals surface area contributed by atoms with Crippen LogP contribution in [0.25, 0.3) is 16.7 Å². The SMILES string of the molecule is Cc1nnnn1/C(=C\c1ccccc1)C(=O)OCc1cc(=O)n2ccsc2n1. The number of carbonyl (C=O) groups is 1. The van der Waals surface area contributed by atoms with Crippen LogP contribution >= 0.6 is 11.3 Å². The smallest absolute Gasteiger partial charge is 0.357 e. The number of aromatic nitrogens is 6. The van der Waals surface area contributed by atoms with Gasteiger partial charge in [-0.2, -0.15) is 4.68 Å². The molecule has 0 aliphatic rings. The summed E-state index contributed by atoms with van der Waals surface area (Å²) in [5.74, 6) is -0.192. The summed E-state index contributed by atoms with van der Waals surface area (Å²) in [6, 6.07) is 10.6. The molecule has 4 rings (SSSR count). The number of thiazole rings is 1. The van der Waals surface area contributed by atoms with Gasteiger partial charge in [0.1, 0.15) is 6.61 Å². The number of aryl methyl sites for hydroxylation is 1. The summed E-state index contributed by atoms with van der Waals surface area (Å²) in [7, 11) is 0. The third kappa shape index (κ3) is 3.58. The Balaban J connectivity index is 1.61. The zero-order valence-corrected chi connectivity index (χ0v) is 15.5. The van der Waals surface area contributed by atoms with Crippen molar-refractivity contribution >= 4 is 34.0 Å². The first-order chi connectivity index (χ1) is 13.6. The van der Waals surface area contributed by atoms with Crippen LogP contribution in [-0.4, -0.2) is 35.6 Å². The van der Waals surface area contributed by atoms with Gasteiger partial charge in [0.25, 0.3) is 5.56 Å². The molecule has 140 valence electrons. The number of hydrogen-bond acceptors (Lipinski definition) is 8. The maximum Gasteiger partial charge on any atom is 0.357 e. The van der Waals surface area contributed by atoms with E-state index in [-0.39, 0.29) is 17.9 Å². The summed E-state index contributed by atoms with van der Waals surface area (Å²) in [4.78, 5) is 29.7. The van der Waals surface area contributed by atoms with Crippen molar-refractivity contribution in [3.8, 4) is 0 Å². The highest BCUT2D eigenvalue weighted by molar-refractivity contribution is 7.15. The largest absolute Gasteiger partial charge is 0.454 e. The van der Waals surface area contributed by atoms with Crippen LogP contribution in [0.1, 0.15) is 17.1 Å². The minimum atomic E-state index is -0.632. The fraction of sp³-hybridized carbons (Fsp3) is 0.111. The maximum absolute atomic E-state index is 12.8. The van der Waals surface area contributed by atoms with Gasteiger partial charge in [-0.15, -0.1) is 16.4 Å². The second-order valence-electron chi connectivity index (χ2n) is 5.80. The molecule has 0 aliphatic carbocycles. The number of hydrogen-bond donors (Lipinski definition) is 0. The molecule has 10 heteroatoms. The summed E-state index contributed by atoms with van der Waals surface area (Å²) in [6.07, 6.45) is 3.28. The number of benzene rings is 1. The van der Waals surface area contributed by atoms with E-state index < -0.39 is 5.97 Å². The van der Waals surface area contributed by atoms with E-state index in [1.54, 1.807) is 24.6 Å². The third-order valence-corrected chi connectivity index (χ3v) is 4.63. The number of carbonyl (C=O) groups excluding carboxylic acids is 1. The van der Waals surface area contributed by atoms with Gasteiger partial charge < -0.3 is 4.74 Å². The van der Waals surface area contributed by atoms with Gasteiger partial charge in [-0.25, -0.2) is 9.78 Å². The van der Waals surface area contributed by atoms with Gasteiger partial charge in [-0.05, 0) is 29.0 Å². The zero-order valence-electron chi connectivity index (χ0n) is 14.7. The van der Waals surface area contributed by atoms with E-state index in [0.29, 0.717) is 16.5 Å². The van der Waals surface area contributed by atoms with Crippen LogP contribution in [-0.2, 0) is 16.1 Å². The van der Waals surface area contributed by atoms with E-state index in [4.69, 9.17) is 4.74 Å². The average Bonchev–Trinajstić information content (AvgIpc) is 3.34. The van der Waals surface area contributed by atoms with Crippen LogP contribution in [0.3, 0.4) is 0 Å². The lowest BCUT2D eigenvalue weighted by Crippen LogP contribution is -2.17. The van der Waals surface area contributed by atoms with Gasteiger partial charge in [0, 0.05) is 17.6 Å². The Labute approximate surface area is 162 Å².